The largest absolute Gasteiger partial charge is 0.463 e. The summed E-state index contributed by atoms with van der Waals surface area (Å²) in [6.07, 6.45) is -5.17. The number of halogens is 3. The average Bonchev–Trinajstić information content (AvgIpc) is 2.36. The van der Waals surface area contributed by atoms with Crippen LogP contribution >= 0.6 is 0 Å². The third-order valence-electron chi connectivity index (χ3n) is 2.57. The van der Waals surface area contributed by atoms with Crippen LogP contribution in [0.2, 0.25) is 0 Å². The summed E-state index contributed by atoms with van der Waals surface area (Å²) in [7, 11) is 1.59. The Morgan fingerprint density at radius 1 is 1.32 bits per heavy atom. The Labute approximate surface area is 108 Å². The predicted molar refractivity (Wildman–Crippen MR) is 62.6 cm³/mol. The van der Waals surface area contributed by atoms with Crippen LogP contribution in [0.5, 0.6) is 0 Å². The molecule has 19 heavy (non-hydrogen) atoms. The number of ether oxygens (including phenoxy) is 1. The summed E-state index contributed by atoms with van der Waals surface area (Å²) in [6, 6.07) is 4.70. The summed E-state index contributed by atoms with van der Waals surface area (Å²) >= 11 is 0. The molecule has 4 nitrogen and oxygen atoms in total. The molecule has 0 saturated carbocycles. The minimum Gasteiger partial charge on any atom is -0.463 e. The molecule has 0 fully saturated rings. The molecular formula is C12H14F3NO3. The van der Waals surface area contributed by atoms with Gasteiger partial charge in [0.05, 0.1) is 6.61 Å². The summed E-state index contributed by atoms with van der Waals surface area (Å²) in [6.45, 7) is 1.10. The number of hydrogen-bond acceptors (Lipinski definition) is 4. The maximum Gasteiger partial charge on any atom is 0.432 e. The number of anilines is 1. The molecular weight excluding hydrogens is 263 g/mol. The van der Waals surface area contributed by atoms with Gasteiger partial charge in [0.1, 0.15) is 0 Å². The van der Waals surface area contributed by atoms with E-state index in [0.717, 1.165) is 12.1 Å². The lowest BCUT2D eigenvalue weighted by molar-refractivity contribution is -0.267. The van der Waals surface area contributed by atoms with Crippen molar-refractivity contribution in [1.82, 2.24) is 0 Å². The van der Waals surface area contributed by atoms with Crippen LogP contribution in [0.25, 0.3) is 0 Å². The van der Waals surface area contributed by atoms with Crippen molar-refractivity contribution in [1.29, 1.82) is 0 Å². The van der Waals surface area contributed by atoms with Gasteiger partial charge in [0.2, 0.25) is 0 Å². The van der Waals surface area contributed by atoms with E-state index in [2.05, 4.69) is 10.1 Å². The van der Waals surface area contributed by atoms with Crippen molar-refractivity contribution >= 4 is 11.7 Å². The third kappa shape index (κ3) is 2.81. The molecule has 0 heterocycles. The van der Waals surface area contributed by atoms with Crippen molar-refractivity contribution in [2.24, 2.45) is 0 Å². The number of rotatable bonds is 4. The molecule has 0 radical (unpaired) electrons. The standard InChI is InChI=1S/C12H14F3NO3/c1-3-19-10(17)11(18,12(13,14)15)8-4-6-9(16-2)7-5-8/h4-7,16,18H,3H2,1-2H3/t11-/m0/s1. The molecule has 1 aromatic rings. The fourth-order valence-corrected chi connectivity index (χ4v) is 1.51. The van der Waals surface area contributed by atoms with Gasteiger partial charge in [-0.05, 0) is 19.1 Å². The second kappa shape index (κ2) is 5.48. The zero-order valence-corrected chi connectivity index (χ0v) is 10.4. The topological polar surface area (TPSA) is 58.6 Å². The SMILES string of the molecule is CCOC(=O)[C@@](O)(c1ccc(NC)cc1)C(F)(F)F. The maximum atomic E-state index is 13.0. The van der Waals surface area contributed by atoms with E-state index in [1.165, 1.54) is 19.1 Å². The van der Waals surface area contributed by atoms with Crippen LogP contribution in [-0.2, 0) is 15.1 Å². The lowest BCUT2D eigenvalue weighted by atomic mass is 9.93. The van der Waals surface area contributed by atoms with Gasteiger partial charge < -0.3 is 15.2 Å². The van der Waals surface area contributed by atoms with Gasteiger partial charge in [-0.1, -0.05) is 12.1 Å². The van der Waals surface area contributed by atoms with Crippen molar-refractivity contribution in [3.63, 3.8) is 0 Å². The smallest absolute Gasteiger partial charge is 0.432 e. The Morgan fingerprint density at radius 2 is 1.84 bits per heavy atom. The van der Waals surface area contributed by atoms with E-state index in [-0.39, 0.29) is 6.61 Å². The van der Waals surface area contributed by atoms with E-state index >= 15 is 0 Å². The lowest BCUT2D eigenvalue weighted by Gasteiger charge is -2.28. The lowest BCUT2D eigenvalue weighted by Crippen LogP contribution is -2.50. The zero-order chi connectivity index (χ0) is 14.7. The Balaban J connectivity index is 3.27. The highest BCUT2D eigenvalue weighted by Gasteiger charge is 2.62. The minimum atomic E-state index is -5.17. The number of carbonyl (C=O) groups excluding carboxylic acids is 1. The van der Waals surface area contributed by atoms with E-state index in [1.807, 2.05) is 0 Å². The molecule has 0 unspecified atom stereocenters. The van der Waals surface area contributed by atoms with E-state index in [0.29, 0.717) is 5.69 Å². The van der Waals surface area contributed by atoms with E-state index < -0.39 is 23.3 Å². The van der Waals surface area contributed by atoms with Gasteiger partial charge in [0, 0.05) is 18.3 Å². The minimum absolute atomic E-state index is 0.258. The molecule has 0 spiro atoms. The number of aliphatic hydroxyl groups is 1. The summed E-state index contributed by atoms with van der Waals surface area (Å²) in [5, 5.41) is 12.5. The number of hydrogen-bond donors (Lipinski definition) is 2. The van der Waals surface area contributed by atoms with Crippen LogP contribution in [0.1, 0.15) is 12.5 Å². The normalized spacial score (nSPS) is 14.6. The Hall–Kier alpha value is -1.76. The van der Waals surface area contributed by atoms with E-state index in [4.69, 9.17) is 0 Å². The van der Waals surface area contributed by atoms with Gasteiger partial charge >= 0.3 is 12.1 Å². The second-order valence-electron chi connectivity index (χ2n) is 3.76. The molecule has 0 saturated heterocycles. The number of carbonyl (C=O) groups is 1. The van der Waals surface area contributed by atoms with Gasteiger partial charge in [-0.3, -0.25) is 0 Å². The molecule has 106 valence electrons. The Bertz CT molecular complexity index is 445. The van der Waals surface area contributed by atoms with Crippen molar-refractivity contribution in [2.75, 3.05) is 19.0 Å². The molecule has 7 heteroatoms. The number of nitrogens with one attached hydrogen (secondary N) is 1. The van der Waals surface area contributed by atoms with Crippen molar-refractivity contribution in [3.05, 3.63) is 29.8 Å². The van der Waals surface area contributed by atoms with Gasteiger partial charge in [0.15, 0.2) is 0 Å². The second-order valence-corrected chi connectivity index (χ2v) is 3.76. The molecule has 0 aliphatic carbocycles. The van der Waals surface area contributed by atoms with E-state index in [1.54, 1.807) is 7.05 Å². The third-order valence-corrected chi connectivity index (χ3v) is 2.57. The van der Waals surface area contributed by atoms with Crippen molar-refractivity contribution in [2.45, 2.75) is 18.7 Å². The average molecular weight is 277 g/mol. The predicted octanol–water partition coefficient (Wildman–Crippen LogP) is 2.04. The number of esters is 1. The van der Waals surface area contributed by atoms with Crippen LogP contribution < -0.4 is 5.32 Å². The van der Waals surface area contributed by atoms with Crippen LogP contribution in [0, 0.1) is 0 Å². The summed E-state index contributed by atoms with van der Waals surface area (Å²) < 4.78 is 43.3. The maximum absolute atomic E-state index is 13.0. The Morgan fingerprint density at radius 3 is 2.21 bits per heavy atom. The summed E-state index contributed by atoms with van der Waals surface area (Å²) in [5.74, 6) is -1.74. The van der Waals surface area contributed by atoms with Crippen LogP contribution in [0.4, 0.5) is 18.9 Å². The molecule has 0 aliphatic heterocycles. The first-order chi connectivity index (χ1) is 8.77. The quantitative estimate of drug-likeness (QED) is 0.827. The fraction of sp³-hybridized carbons (Fsp3) is 0.417. The summed E-state index contributed by atoms with van der Waals surface area (Å²) in [4.78, 5) is 11.5. The molecule has 1 rings (SSSR count). The summed E-state index contributed by atoms with van der Waals surface area (Å²) in [5.41, 5.74) is -3.69. The molecule has 1 aromatic carbocycles. The monoisotopic (exact) mass is 277 g/mol. The first-order valence-electron chi connectivity index (χ1n) is 5.52. The number of alkyl halides is 3. The highest BCUT2D eigenvalue weighted by atomic mass is 19.4. The zero-order valence-electron chi connectivity index (χ0n) is 10.4. The highest BCUT2D eigenvalue weighted by Crippen LogP contribution is 2.40. The van der Waals surface area contributed by atoms with Gasteiger partial charge in [0.25, 0.3) is 5.60 Å². The van der Waals surface area contributed by atoms with Gasteiger partial charge in [-0.25, -0.2) is 4.79 Å². The highest BCUT2D eigenvalue weighted by molar-refractivity contribution is 5.82. The molecule has 0 aromatic heterocycles. The number of benzene rings is 1. The van der Waals surface area contributed by atoms with Gasteiger partial charge in [-0.2, -0.15) is 13.2 Å². The molecule has 0 bridgehead atoms. The van der Waals surface area contributed by atoms with Crippen LogP contribution in [0.3, 0.4) is 0 Å². The van der Waals surface area contributed by atoms with Crippen molar-refractivity contribution < 1.29 is 27.8 Å². The van der Waals surface area contributed by atoms with Crippen LogP contribution in [-0.4, -0.2) is 30.9 Å². The first kappa shape index (κ1) is 15.3. The Kier molecular flexibility index (Phi) is 4.41. The fourth-order valence-electron chi connectivity index (χ4n) is 1.51. The molecule has 0 amide bonds. The molecule has 0 aliphatic rings. The van der Waals surface area contributed by atoms with Crippen molar-refractivity contribution in [3.8, 4) is 0 Å². The van der Waals surface area contributed by atoms with Crippen LogP contribution in [0.15, 0.2) is 24.3 Å². The molecule has 1 atom stereocenters. The van der Waals surface area contributed by atoms with E-state index in [9.17, 15) is 23.1 Å². The van der Waals surface area contributed by atoms with Gasteiger partial charge in [-0.15, -0.1) is 0 Å². The molecule has 2 N–H and O–H groups in total. The first-order valence-corrected chi connectivity index (χ1v) is 5.52.